The number of thioether (sulfide) groups is 1. The summed E-state index contributed by atoms with van der Waals surface area (Å²) in [6.45, 7) is 4.88. The van der Waals surface area contributed by atoms with Gasteiger partial charge in [-0.15, -0.1) is 11.8 Å². The molecule has 1 saturated carbocycles. The van der Waals surface area contributed by atoms with Crippen LogP contribution in [0.15, 0.2) is 72.3 Å². The Morgan fingerprint density at radius 2 is 1.73 bits per heavy atom. The summed E-state index contributed by atoms with van der Waals surface area (Å²) in [6.07, 6.45) is 11.1. The van der Waals surface area contributed by atoms with Crippen LogP contribution in [0.4, 0.5) is 0 Å². The molecule has 4 atom stereocenters. The van der Waals surface area contributed by atoms with Crippen LogP contribution in [0.25, 0.3) is 0 Å². The Balaban J connectivity index is 1.53. The van der Waals surface area contributed by atoms with Crippen LogP contribution in [0, 0.1) is 11.8 Å². The molecule has 0 radical (unpaired) electrons. The molecule has 10 nitrogen and oxygen atoms in total. The Bertz CT molecular complexity index is 1510. The van der Waals surface area contributed by atoms with Gasteiger partial charge in [0.25, 0.3) is 0 Å². The standard InChI is InChI=1S/C36H51N5O5S2/c1-36(2,3)48(45,46)24-28(20-26-12-6-4-7-13-26)34(43)41-31(22-29-23-37-25-39-29)35(44)40-30(21-27-14-8-5-9-15-27)32(42)17-19-47-33-16-10-11-18-38-33/h4,6-7,10-13,16,18,23,25,27-28,30-32,42H,5,8-9,14-15,17,19-22,24H2,1-3H3,(H,37,39)(H,40,44)(H,41,43)/t28-,30-,31-,32-/m0/s1. The van der Waals surface area contributed by atoms with Crippen molar-refractivity contribution in [2.45, 2.75) is 107 Å². The van der Waals surface area contributed by atoms with E-state index in [0.717, 1.165) is 36.3 Å². The van der Waals surface area contributed by atoms with E-state index in [9.17, 15) is 23.1 Å². The molecular weight excluding hydrogens is 647 g/mol. The highest BCUT2D eigenvalue weighted by molar-refractivity contribution is 7.99. The number of carbonyl (C=O) groups excluding carboxylic acids is 2. The first-order valence-electron chi connectivity index (χ1n) is 17.0. The van der Waals surface area contributed by atoms with Crippen molar-refractivity contribution in [2.24, 2.45) is 11.8 Å². The summed E-state index contributed by atoms with van der Waals surface area (Å²) >= 11 is 1.56. The third kappa shape index (κ3) is 11.7. The zero-order valence-corrected chi connectivity index (χ0v) is 29.9. The molecule has 4 N–H and O–H groups in total. The van der Waals surface area contributed by atoms with E-state index in [4.69, 9.17) is 0 Å². The molecule has 1 aliphatic carbocycles. The Kier molecular flexibility index (Phi) is 14.1. The van der Waals surface area contributed by atoms with Crippen LogP contribution in [0.2, 0.25) is 0 Å². The van der Waals surface area contributed by atoms with Gasteiger partial charge in [0.1, 0.15) is 6.04 Å². The average molecular weight is 698 g/mol. The SMILES string of the molecule is CC(C)(C)S(=O)(=O)C[C@H](Cc1ccccc1)C(=O)N[C@@H](Cc1cnc[nH]1)C(=O)N[C@@H](CC1CCCCC1)[C@@H](O)CCSc1ccccn1. The number of H-pyrrole nitrogens is 1. The topological polar surface area (TPSA) is 154 Å². The van der Waals surface area contributed by atoms with Crippen molar-refractivity contribution in [1.82, 2.24) is 25.6 Å². The van der Waals surface area contributed by atoms with E-state index in [-0.39, 0.29) is 18.6 Å². The number of imidazole rings is 1. The number of aliphatic hydroxyl groups excluding tert-OH is 1. The molecule has 0 bridgehead atoms. The van der Waals surface area contributed by atoms with Crippen molar-refractivity contribution in [3.05, 3.63) is 78.5 Å². The molecule has 0 unspecified atom stereocenters. The van der Waals surface area contributed by atoms with E-state index in [0.29, 0.717) is 30.2 Å². The zero-order chi connectivity index (χ0) is 34.6. The number of aromatic amines is 1. The largest absolute Gasteiger partial charge is 0.391 e. The first kappa shape index (κ1) is 37.6. The Labute approximate surface area is 289 Å². The lowest BCUT2D eigenvalue weighted by atomic mass is 9.83. The summed E-state index contributed by atoms with van der Waals surface area (Å²) in [7, 11) is -3.66. The Morgan fingerprint density at radius 1 is 1.00 bits per heavy atom. The second-order valence-electron chi connectivity index (χ2n) is 13.8. The molecule has 2 amide bonds. The summed E-state index contributed by atoms with van der Waals surface area (Å²) in [4.78, 5) is 39.5. The van der Waals surface area contributed by atoms with Crippen molar-refractivity contribution < 1.29 is 23.1 Å². The van der Waals surface area contributed by atoms with Gasteiger partial charge in [0.2, 0.25) is 11.8 Å². The van der Waals surface area contributed by atoms with Crippen LogP contribution in [0.1, 0.15) is 77.0 Å². The number of aliphatic hydroxyl groups is 1. The maximum atomic E-state index is 14.1. The molecule has 262 valence electrons. The van der Waals surface area contributed by atoms with Gasteiger partial charge in [0.15, 0.2) is 9.84 Å². The van der Waals surface area contributed by atoms with Gasteiger partial charge in [-0.25, -0.2) is 18.4 Å². The number of nitrogens with zero attached hydrogens (tertiary/aromatic N) is 2. The van der Waals surface area contributed by atoms with Crippen molar-refractivity contribution in [2.75, 3.05) is 11.5 Å². The molecule has 2 aromatic heterocycles. The third-order valence-corrected chi connectivity index (χ3v) is 12.8. The second kappa shape index (κ2) is 18.0. The van der Waals surface area contributed by atoms with E-state index in [1.165, 1.54) is 12.7 Å². The van der Waals surface area contributed by atoms with Gasteiger partial charge < -0.3 is 20.7 Å². The van der Waals surface area contributed by atoms with Gasteiger partial charge in [-0.2, -0.15) is 0 Å². The van der Waals surface area contributed by atoms with E-state index >= 15 is 0 Å². The smallest absolute Gasteiger partial charge is 0.243 e. The highest BCUT2D eigenvalue weighted by Gasteiger charge is 2.36. The lowest BCUT2D eigenvalue weighted by Gasteiger charge is -2.32. The second-order valence-corrected chi connectivity index (χ2v) is 17.8. The lowest BCUT2D eigenvalue weighted by Crippen LogP contribution is -2.55. The molecule has 1 fully saturated rings. The predicted molar refractivity (Wildman–Crippen MR) is 190 cm³/mol. The number of aromatic nitrogens is 3. The molecule has 4 rings (SSSR count). The van der Waals surface area contributed by atoms with Crippen LogP contribution in [-0.2, 0) is 32.3 Å². The number of pyridine rings is 1. The van der Waals surface area contributed by atoms with Gasteiger partial charge >= 0.3 is 0 Å². The van der Waals surface area contributed by atoms with Crippen LogP contribution in [0.3, 0.4) is 0 Å². The molecule has 0 aliphatic heterocycles. The highest BCUT2D eigenvalue weighted by Crippen LogP contribution is 2.29. The van der Waals surface area contributed by atoms with Gasteiger partial charge in [-0.1, -0.05) is 68.5 Å². The summed E-state index contributed by atoms with van der Waals surface area (Å²) < 4.78 is 25.6. The Morgan fingerprint density at radius 3 is 2.38 bits per heavy atom. The van der Waals surface area contributed by atoms with Gasteiger partial charge in [0.05, 0.1) is 39.9 Å². The van der Waals surface area contributed by atoms with Crippen LogP contribution in [0.5, 0.6) is 0 Å². The monoisotopic (exact) mass is 697 g/mol. The average Bonchev–Trinajstić information content (AvgIpc) is 3.58. The molecule has 0 spiro atoms. The minimum atomic E-state index is -3.66. The predicted octanol–water partition coefficient (Wildman–Crippen LogP) is 4.90. The molecule has 0 saturated heterocycles. The number of sulfone groups is 1. The summed E-state index contributed by atoms with van der Waals surface area (Å²) in [5, 5.41) is 18.3. The first-order valence-corrected chi connectivity index (χ1v) is 19.6. The van der Waals surface area contributed by atoms with Crippen molar-refractivity contribution in [3.8, 4) is 0 Å². The number of hydrogen-bond acceptors (Lipinski definition) is 8. The van der Waals surface area contributed by atoms with Crippen LogP contribution < -0.4 is 10.6 Å². The van der Waals surface area contributed by atoms with Crippen LogP contribution >= 0.6 is 11.8 Å². The van der Waals surface area contributed by atoms with Crippen molar-refractivity contribution >= 4 is 33.4 Å². The maximum absolute atomic E-state index is 14.1. The summed E-state index contributed by atoms with van der Waals surface area (Å²) in [5.41, 5.74) is 1.48. The fourth-order valence-electron chi connectivity index (χ4n) is 6.05. The number of amides is 2. The fraction of sp³-hybridized carbons (Fsp3) is 0.556. The van der Waals surface area contributed by atoms with E-state index < -0.39 is 50.5 Å². The van der Waals surface area contributed by atoms with Gasteiger partial charge in [-0.05, 0) is 63.6 Å². The molecule has 2 heterocycles. The van der Waals surface area contributed by atoms with Crippen molar-refractivity contribution in [1.29, 1.82) is 0 Å². The number of carbonyl (C=O) groups is 2. The van der Waals surface area contributed by atoms with E-state index in [1.807, 2.05) is 48.5 Å². The minimum Gasteiger partial charge on any atom is -0.391 e. The summed E-state index contributed by atoms with van der Waals surface area (Å²) in [5.74, 6) is -1.18. The van der Waals surface area contributed by atoms with Gasteiger partial charge in [-0.3, -0.25) is 9.59 Å². The fourth-order valence-corrected chi connectivity index (χ4v) is 8.23. The molecule has 1 aliphatic rings. The number of benzene rings is 1. The maximum Gasteiger partial charge on any atom is 0.243 e. The van der Waals surface area contributed by atoms with Crippen molar-refractivity contribution in [3.63, 3.8) is 0 Å². The minimum absolute atomic E-state index is 0.128. The summed E-state index contributed by atoms with van der Waals surface area (Å²) in [6, 6.07) is 13.5. The molecule has 1 aromatic carbocycles. The normalized spacial score (nSPS) is 16.8. The third-order valence-electron chi connectivity index (χ3n) is 9.07. The zero-order valence-electron chi connectivity index (χ0n) is 28.3. The molecule has 48 heavy (non-hydrogen) atoms. The molecular formula is C36H51N5O5S2. The number of rotatable bonds is 17. The van der Waals surface area contributed by atoms with Gasteiger partial charge in [0, 0.05) is 30.3 Å². The lowest BCUT2D eigenvalue weighted by molar-refractivity contribution is -0.131. The first-order chi connectivity index (χ1) is 22.9. The van der Waals surface area contributed by atoms with Crippen LogP contribution in [-0.4, -0.2) is 74.7 Å². The molecule has 3 aromatic rings. The number of nitrogens with one attached hydrogen (secondary N) is 3. The number of hydrogen-bond donors (Lipinski definition) is 4. The highest BCUT2D eigenvalue weighted by atomic mass is 32.2. The van der Waals surface area contributed by atoms with E-state index in [1.54, 1.807) is 44.9 Å². The Hall–Kier alpha value is -3.22. The van der Waals surface area contributed by atoms with E-state index in [2.05, 4.69) is 25.6 Å². The quantitative estimate of drug-likeness (QED) is 0.145. The molecule has 12 heteroatoms.